The van der Waals surface area contributed by atoms with E-state index in [9.17, 15) is 9.18 Å². The minimum atomic E-state index is -0.504. The summed E-state index contributed by atoms with van der Waals surface area (Å²) in [6.07, 6.45) is 0.451. The Hall–Kier alpha value is -1.66. The highest BCUT2D eigenvalue weighted by Crippen LogP contribution is 2.24. The van der Waals surface area contributed by atoms with E-state index in [0.29, 0.717) is 13.1 Å². The molecule has 5 nitrogen and oxygen atoms in total. The van der Waals surface area contributed by atoms with Gasteiger partial charge < -0.3 is 15.8 Å². The van der Waals surface area contributed by atoms with Gasteiger partial charge in [0, 0.05) is 31.7 Å². The number of nitrogens with zero attached hydrogens (tertiary/aromatic N) is 1. The molecule has 0 saturated carbocycles. The summed E-state index contributed by atoms with van der Waals surface area (Å²) in [4.78, 5) is 14.1. The quantitative estimate of drug-likeness (QED) is 0.893. The Morgan fingerprint density at radius 2 is 2.09 bits per heavy atom. The standard InChI is InChI=1S/C17H26FN3O2/c1-17(2,3)23-16(22)20-14-8-9-21(11-14)15(10-19)12-4-6-13(18)7-5-12/h4-7,14-15H,8-11,19H2,1-3H3,(H,20,22)/t14-,15+/m0/s1. The van der Waals surface area contributed by atoms with Gasteiger partial charge in [0.15, 0.2) is 0 Å². The third kappa shape index (κ3) is 5.18. The maximum absolute atomic E-state index is 13.1. The van der Waals surface area contributed by atoms with E-state index in [0.717, 1.165) is 18.5 Å². The van der Waals surface area contributed by atoms with Gasteiger partial charge in [0.2, 0.25) is 0 Å². The van der Waals surface area contributed by atoms with Crippen molar-refractivity contribution in [1.29, 1.82) is 0 Å². The zero-order chi connectivity index (χ0) is 17.0. The first-order valence-electron chi connectivity index (χ1n) is 7.97. The van der Waals surface area contributed by atoms with Gasteiger partial charge in [-0.2, -0.15) is 0 Å². The zero-order valence-corrected chi connectivity index (χ0v) is 14.0. The van der Waals surface area contributed by atoms with Crippen molar-refractivity contribution in [2.45, 2.75) is 44.9 Å². The Bertz CT molecular complexity index is 528. The average Bonchev–Trinajstić information content (AvgIpc) is 2.87. The van der Waals surface area contributed by atoms with E-state index < -0.39 is 11.7 Å². The molecule has 2 atom stereocenters. The van der Waals surface area contributed by atoms with Crippen molar-refractivity contribution in [1.82, 2.24) is 10.2 Å². The molecule has 6 heteroatoms. The Balaban J connectivity index is 1.93. The summed E-state index contributed by atoms with van der Waals surface area (Å²) < 4.78 is 18.4. The molecule has 128 valence electrons. The second-order valence-electron chi connectivity index (χ2n) is 6.93. The molecule has 0 unspecified atom stereocenters. The number of likely N-dealkylation sites (tertiary alicyclic amines) is 1. The molecule has 0 bridgehead atoms. The molecule has 3 N–H and O–H groups in total. The first-order chi connectivity index (χ1) is 10.8. The Labute approximate surface area is 137 Å². The third-order valence-electron chi connectivity index (χ3n) is 3.86. The third-order valence-corrected chi connectivity index (χ3v) is 3.86. The van der Waals surface area contributed by atoms with E-state index >= 15 is 0 Å². The van der Waals surface area contributed by atoms with E-state index in [-0.39, 0.29) is 17.9 Å². The van der Waals surface area contributed by atoms with Crippen LogP contribution in [0, 0.1) is 5.82 Å². The van der Waals surface area contributed by atoms with Crippen molar-refractivity contribution in [2.75, 3.05) is 19.6 Å². The topological polar surface area (TPSA) is 67.6 Å². The van der Waals surface area contributed by atoms with Gasteiger partial charge in [0.05, 0.1) is 0 Å². The largest absolute Gasteiger partial charge is 0.444 e. The van der Waals surface area contributed by atoms with Crippen LogP contribution in [0.3, 0.4) is 0 Å². The summed E-state index contributed by atoms with van der Waals surface area (Å²) in [6.45, 7) is 7.51. The van der Waals surface area contributed by atoms with E-state index in [1.54, 1.807) is 12.1 Å². The van der Waals surface area contributed by atoms with Crippen molar-refractivity contribution in [2.24, 2.45) is 5.73 Å². The van der Waals surface area contributed by atoms with Crippen molar-refractivity contribution in [3.8, 4) is 0 Å². The first-order valence-corrected chi connectivity index (χ1v) is 7.97. The van der Waals surface area contributed by atoms with Crippen LogP contribution in [0.5, 0.6) is 0 Å². The van der Waals surface area contributed by atoms with Crippen LogP contribution < -0.4 is 11.1 Å². The number of rotatable bonds is 4. The molecule has 2 rings (SSSR count). The van der Waals surface area contributed by atoms with Crippen molar-refractivity contribution < 1.29 is 13.9 Å². The minimum Gasteiger partial charge on any atom is -0.444 e. The second kappa shape index (κ2) is 7.27. The molecule has 0 spiro atoms. The highest BCUT2D eigenvalue weighted by Gasteiger charge is 2.30. The molecular formula is C17H26FN3O2. The number of amides is 1. The second-order valence-corrected chi connectivity index (χ2v) is 6.93. The Kier molecular flexibility index (Phi) is 5.59. The minimum absolute atomic E-state index is 0.0287. The number of nitrogens with one attached hydrogen (secondary N) is 1. The number of hydrogen-bond acceptors (Lipinski definition) is 4. The van der Waals surface area contributed by atoms with Crippen LogP contribution in [0.15, 0.2) is 24.3 Å². The number of halogens is 1. The number of carbonyl (C=O) groups is 1. The molecule has 0 radical (unpaired) electrons. The summed E-state index contributed by atoms with van der Waals surface area (Å²) in [7, 11) is 0. The fourth-order valence-electron chi connectivity index (χ4n) is 2.84. The van der Waals surface area contributed by atoms with Crippen molar-refractivity contribution >= 4 is 6.09 Å². The molecule has 1 fully saturated rings. The van der Waals surface area contributed by atoms with E-state index in [2.05, 4.69) is 10.2 Å². The van der Waals surface area contributed by atoms with Crippen LogP contribution in [0.25, 0.3) is 0 Å². The van der Waals surface area contributed by atoms with Gasteiger partial charge in [-0.1, -0.05) is 12.1 Å². The number of ether oxygens (including phenoxy) is 1. The van der Waals surface area contributed by atoms with Gasteiger partial charge >= 0.3 is 6.09 Å². The van der Waals surface area contributed by atoms with E-state index in [4.69, 9.17) is 10.5 Å². The van der Waals surface area contributed by atoms with Gasteiger partial charge in [-0.3, -0.25) is 4.90 Å². The maximum Gasteiger partial charge on any atom is 0.407 e. The van der Waals surface area contributed by atoms with Gasteiger partial charge in [-0.25, -0.2) is 9.18 Å². The molecular weight excluding hydrogens is 297 g/mol. The smallest absolute Gasteiger partial charge is 0.407 e. The lowest BCUT2D eigenvalue weighted by atomic mass is 10.1. The highest BCUT2D eigenvalue weighted by atomic mass is 19.1. The highest BCUT2D eigenvalue weighted by molar-refractivity contribution is 5.68. The monoisotopic (exact) mass is 323 g/mol. The molecule has 1 aromatic rings. The van der Waals surface area contributed by atoms with Crippen LogP contribution in [0.2, 0.25) is 0 Å². The summed E-state index contributed by atoms with van der Waals surface area (Å²) >= 11 is 0. The Morgan fingerprint density at radius 1 is 1.43 bits per heavy atom. The normalized spacial score (nSPS) is 20.3. The van der Waals surface area contributed by atoms with Gasteiger partial charge in [-0.05, 0) is 44.9 Å². The average molecular weight is 323 g/mol. The van der Waals surface area contributed by atoms with E-state index in [1.807, 2.05) is 20.8 Å². The summed E-state index contributed by atoms with van der Waals surface area (Å²) in [6, 6.07) is 6.50. The van der Waals surface area contributed by atoms with Crippen molar-refractivity contribution in [3.05, 3.63) is 35.6 Å². The van der Waals surface area contributed by atoms with E-state index in [1.165, 1.54) is 12.1 Å². The fraction of sp³-hybridized carbons (Fsp3) is 0.588. The SMILES string of the molecule is CC(C)(C)OC(=O)N[C@H]1CCN([C@H](CN)c2ccc(F)cc2)C1. The van der Waals surface area contributed by atoms with Crippen LogP contribution in [-0.2, 0) is 4.74 Å². The molecule has 23 heavy (non-hydrogen) atoms. The molecule has 1 aliphatic rings. The molecule has 1 heterocycles. The first kappa shape index (κ1) is 17.7. The van der Waals surface area contributed by atoms with Gasteiger partial charge in [0.25, 0.3) is 0 Å². The Morgan fingerprint density at radius 3 is 2.65 bits per heavy atom. The van der Waals surface area contributed by atoms with Crippen LogP contribution in [-0.4, -0.2) is 42.3 Å². The van der Waals surface area contributed by atoms with Crippen LogP contribution in [0.1, 0.15) is 38.8 Å². The summed E-state index contributed by atoms with van der Waals surface area (Å²) in [5.74, 6) is -0.254. The predicted molar refractivity (Wildman–Crippen MR) is 87.5 cm³/mol. The number of benzene rings is 1. The maximum atomic E-state index is 13.1. The zero-order valence-electron chi connectivity index (χ0n) is 14.0. The predicted octanol–water partition coefficient (Wildman–Crippen LogP) is 2.42. The van der Waals surface area contributed by atoms with Gasteiger partial charge in [0.1, 0.15) is 11.4 Å². The lowest BCUT2D eigenvalue weighted by Gasteiger charge is -2.27. The van der Waals surface area contributed by atoms with Crippen molar-refractivity contribution in [3.63, 3.8) is 0 Å². The molecule has 1 amide bonds. The van der Waals surface area contributed by atoms with Crippen LogP contribution >= 0.6 is 0 Å². The van der Waals surface area contributed by atoms with Crippen LogP contribution in [0.4, 0.5) is 9.18 Å². The number of carbonyl (C=O) groups excluding carboxylic acids is 1. The summed E-state index contributed by atoms with van der Waals surface area (Å²) in [5, 5.41) is 2.90. The lowest BCUT2D eigenvalue weighted by Crippen LogP contribution is -2.41. The fourth-order valence-corrected chi connectivity index (χ4v) is 2.84. The molecule has 1 aliphatic heterocycles. The molecule has 0 aromatic heterocycles. The lowest BCUT2D eigenvalue weighted by molar-refractivity contribution is 0.0504. The summed E-state index contributed by atoms with van der Waals surface area (Å²) in [5.41, 5.74) is 6.39. The van der Waals surface area contributed by atoms with Gasteiger partial charge in [-0.15, -0.1) is 0 Å². The number of hydrogen-bond donors (Lipinski definition) is 2. The number of alkyl carbamates (subject to hydrolysis) is 1. The molecule has 0 aliphatic carbocycles. The molecule has 1 saturated heterocycles. The molecule has 1 aromatic carbocycles. The number of nitrogens with two attached hydrogens (primary N) is 1.